The van der Waals surface area contributed by atoms with E-state index in [4.69, 9.17) is 16.7 Å². The first kappa shape index (κ1) is 22.6. The molecule has 0 aliphatic heterocycles. The smallest absolute Gasteiger partial charge is 0.167 e. The third-order valence-corrected chi connectivity index (χ3v) is 4.21. The molecule has 6 heteroatoms. The van der Waals surface area contributed by atoms with Gasteiger partial charge in [-0.1, -0.05) is 33.8 Å². The molecule has 0 saturated heterocycles. The van der Waals surface area contributed by atoms with Crippen LogP contribution in [0.25, 0.3) is 0 Å². The molecule has 0 atom stereocenters. The number of carbonyl (C=O) groups excluding carboxylic acids is 1. The Morgan fingerprint density at radius 1 is 0.852 bits per heavy atom. The molecule has 2 aromatic rings. The number of alkyl halides is 1. The SMILES string of the molecule is CC(C)c1cc(C(=O)CCCl)c(O)cc1O.CC(C)c1ccc(O)cc1O. The van der Waals surface area contributed by atoms with Crippen LogP contribution >= 0.6 is 11.6 Å². The molecule has 148 valence electrons. The number of rotatable bonds is 5. The maximum absolute atomic E-state index is 11.6. The van der Waals surface area contributed by atoms with E-state index in [0.29, 0.717) is 5.56 Å². The zero-order valence-electron chi connectivity index (χ0n) is 16.0. The molecule has 5 nitrogen and oxygen atoms in total. The Bertz CT molecular complexity index is 784. The number of aromatic hydroxyl groups is 4. The lowest BCUT2D eigenvalue weighted by Crippen LogP contribution is -2.02. The first-order valence-electron chi connectivity index (χ1n) is 8.75. The minimum atomic E-state index is -0.214. The number of hydrogen-bond donors (Lipinski definition) is 4. The normalized spacial score (nSPS) is 10.6. The molecule has 0 spiro atoms. The van der Waals surface area contributed by atoms with E-state index < -0.39 is 0 Å². The van der Waals surface area contributed by atoms with Crippen LogP contribution in [0.15, 0.2) is 30.3 Å². The minimum Gasteiger partial charge on any atom is -0.508 e. The summed E-state index contributed by atoms with van der Waals surface area (Å²) in [4.78, 5) is 11.6. The summed E-state index contributed by atoms with van der Waals surface area (Å²) in [6.07, 6.45) is 0.178. The van der Waals surface area contributed by atoms with Crippen LogP contribution in [0.3, 0.4) is 0 Å². The number of hydrogen-bond acceptors (Lipinski definition) is 5. The van der Waals surface area contributed by atoms with Crippen molar-refractivity contribution in [1.29, 1.82) is 0 Å². The molecular formula is C21H27ClO5. The Morgan fingerprint density at radius 3 is 1.89 bits per heavy atom. The van der Waals surface area contributed by atoms with Crippen LogP contribution in [0.5, 0.6) is 23.0 Å². The molecule has 0 saturated carbocycles. The van der Waals surface area contributed by atoms with Gasteiger partial charge in [-0.25, -0.2) is 0 Å². The Balaban J connectivity index is 0.000000289. The molecule has 4 N–H and O–H groups in total. The predicted octanol–water partition coefficient (Wildman–Crippen LogP) is 5.25. The van der Waals surface area contributed by atoms with Crippen molar-refractivity contribution in [2.75, 3.05) is 5.88 Å². The topological polar surface area (TPSA) is 98.0 Å². The lowest BCUT2D eigenvalue weighted by Gasteiger charge is -2.11. The van der Waals surface area contributed by atoms with Crippen molar-refractivity contribution in [2.24, 2.45) is 0 Å². The maximum Gasteiger partial charge on any atom is 0.167 e. The summed E-state index contributed by atoms with van der Waals surface area (Å²) in [5.74, 6) is 0.461. The highest BCUT2D eigenvalue weighted by Crippen LogP contribution is 2.32. The second-order valence-corrected chi connectivity index (χ2v) is 7.22. The molecule has 27 heavy (non-hydrogen) atoms. The van der Waals surface area contributed by atoms with Crippen LogP contribution in [0.2, 0.25) is 0 Å². The van der Waals surface area contributed by atoms with Gasteiger partial charge in [0.05, 0.1) is 5.56 Å². The van der Waals surface area contributed by atoms with Gasteiger partial charge in [0.2, 0.25) is 0 Å². The third-order valence-electron chi connectivity index (χ3n) is 4.02. The first-order valence-corrected chi connectivity index (χ1v) is 9.28. The van der Waals surface area contributed by atoms with E-state index in [0.717, 1.165) is 5.56 Å². The predicted molar refractivity (Wildman–Crippen MR) is 107 cm³/mol. The molecule has 2 aromatic carbocycles. The van der Waals surface area contributed by atoms with Gasteiger partial charge in [-0.2, -0.15) is 0 Å². The van der Waals surface area contributed by atoms with E-state index in [-0.39, 0.29) is 58.5 Å². The van der Waals surface area contributed by atoms with Gasteiger partial charge in [0.15, 0.2) is 5.78 Å². The standard InChI is InChI=1S/C12H15ClO3.C9H12O2/c1-7(2)8-5-9(10(14)3-4-13)12(16)6-11(8)15;1-6(2)8-4-3-7(10)5-9(8)11/h5-7,15-16H,3-4H2,1-2H3;3-6,10-11H,1-2H3. The summed E-state index contributed by atoms with van der Waals surface area (Å²) in [7, 11) is 0. The van der Waals surface area contributed by atoms with Gasteiger partial charge in [0, 0.05) is 24.4 Å². The van der Waals surface area contributed by atoms with E-state index in [1.165, 1.54) is 18.2 Å². The molecule has 2 rings (SSSR count). The Hall–Kier alpha value is -2.40. The van der Waals surface area contributed by atoms with E-state index in [2.05, 4.69) is 0 Å². The van der Waals surface area contributed by atoms with E-state index in [1.54, 1.807) is 12.1 Å². The molecule has 0 aromatic heterocycles. The lowest BCUT2D eigenvalue weighted by atomic mass is 9.96. The van der Waals surface area contributed by atoms with Crippen LogP contribution in [-0.4, -0.2) is 32.1 Å². The molecule has 0 aliphatic carbocycles. The first-order chi connectivity index (χ1) is 12.6. The Labute approximate surface area is 164 Å². The highest BCUT2D eigenvalue weighted by Gasteiger charge is 2.16. The molecule has 0 unspecified atom stereocenters. The van der Waals surface area contributed by atoms with Crippen LogP contribution in [0.1, 0.15) is 67.4 Å². The van der Waals surface area contributed by atoms with Crippen molar-refractivity contribution in [3.05, 3.63) is 47.0 Å². The fraction of sp³-hybridized carbons (Fsp3) is 0.381. The summed E-state index contributed by atoms with van der Waals surface area (Å²) < 4.78 is 0. The zero-order valence-corrected chi connectivity index (χ0v) is 16.8. The quantitative estimate of drug-likeness (QED) is 0.410. The van der Waals surface area contributed by atoms with Gasteiger partial charge in [0.1, 0.15) is 23.0 Å². The molecular weight excluding hydrogens is 368 g/mol. The monoisotopic (exact) mass is 394 g/mol. The van der Waals surface area contributed by atoms with Gasteiger partial charge < -0.3 is 20.4 Å². The molecule has 0 fully saturated rings. The van der Waals surface area contributed by atoms with Crippen molar-refractivity contribution in [1.82, 2.24) is 0 Å². The lowest BCUT2D eigenvalue weighted by molar-refractivity contribution is 0.0986. The van der Waals surface area contributed by atoms with Gasteiger partial charge in [-0.3, -0.25) is 4.79 Å². The summed E-state index contributed by atoms with van der Waals surface area (Å²) in [6.45, 7) is 7.79. The number of Topliss-reactive ketones (excluding diaryl/α,β-unsaturated/α-hetero) is 1. The Morgan fingerprint density at radius 2 is 1.41 bits per heavy atom. The fourth-order valence-electron chi connectivity index (χ4n) is 2.52. The number of phenols is 4. The number of phenolic OH excluding ortho intramolecular Hbond substituents is 4. The molecule has 0 amide bonds. The van der Waals surface area contributed by atoms with E-state index in [1.807, 2.05) is 27.7 Å². The molecule has 0 bridgehead atoms. The second kappa shape index (κ2) is 10.1. The molecule has 0 radical (unpaired) electrons. The summed E-state index contributed by atoms with van der Waals surface area (Å²) in [5.41, 5.74) is 1.74. The van der Waals surface area contributed by atoms with Gasteiger partial charge in [-0.05, 0) is 35.1 Å². The van der Waals surface area contributed by atoms with Crippen molar-refractivity contribution in [2.45, 2.75) is 46.0 Å². The van der Waals surface area contributed by atoms with E-state index in [9.17, 15) is 20.1 Å². The minimum absolute atomic E-state index is 0.00919. The largest absolute Gasteiger partial charge is 0.508 e. The van der Waals surface area contributed by atoms with Crippen LogP contribution in [0.4, 0.5) is 0 Å². The average molecular weight is 395 g/mol. The number of ketones is 1. The summed E-state index contributed by atoms with van der Waals surface area (Å²) in [6, 6.07) is 7.40. The van der Waals surface area contributed by atoms with Gasteiger partial charge in [-0.15, -0.1) is 11.6 Å². The highest BCUT2D eigenvalue weighted by molar-refractivity contribution is 6.19. The van der Waals surface area contributed by atoms with Crippen molar-refractivity contribution >= 4 is 17.4 Å². The van der Waals surface area contributed by atoms with Crippen LogP contribution < -0.4 is 0 Å². The van der Waals surface area contributed by atoms with Gasteiger partial charge >= 0.3 is 0 Å². The van der Waals surface area contributed by atoms with Crippen molar-refractivity contribution in [3.8, 4) is 23.0 Å². The number of halogens is 1. The van der Waals surface area contributed by atoms with Gasteiger partial charge in [0.25, 0.3) is 0 Å². The fourth-order valence-corrected chi connectivity index (χ4v) is 2.69. The van der Waals surface area contributed by atoms with Crippen LogP contribution in [-0.2, 0) is 0 Å². The Kier molecular flexibility index (Phi) is 8.44. The zero-order chi connectivity index (χ0) is 20.7. The highest BCUT2D eigenvalue weighted by atomic mass is 35.5. The maximum atomic E-state index is 11.6. The number of carbonyl (C=O) groups is 1. The van der Waals surface area contributed by atoms with Crippen molar-refractivity contribution in [3.63, 3.8) is 0 Å². The average Bonchev–Trinajstić information content (AvgIpc) is 2.54. The third kappa shape index (κ3) is 6.36. The molecule has 0 aliphatic rings. The second-order valence-electron chi connectivity index (χ2n) is 6.84. The summed E-state index contributed by atoms with van der Waals surface area (Å²) in [5, 5.41) is 37.4. The van der Waals surface area contributed by atoms with Crippen molar-refractivity contribution < 1.29 is 25.2 Å². The van der Waals surface area contributed by atoms with E-state index >= 15 is 0 Å². The summed E-state index contributed by atoms with van der Waals surface area (Å²) >= 11 is 5.48. The molecule has 0 heterocycles. The van der Waals surface area contributed by atoms with Crippen LogP contribution in [0, 0.1) is 0 Å². The number of benzene rings is 2.